The lowest BCUT2D eigenvalue weighted by molar-refractivity contribution is -0.154. The zero-order valence-electron chi connectivity index (χ0n) is 36.2. The van der Waals surface area contributed by atoms with Gasteiger partial charge in [-0.3, -0.25) is 14.4 Å². The lowest BCUT2D eigenvalue weighted by Gasteiger charge is -2.22. The second-order valence-electron chi connectivity index (χ2n) is 14.7. The first-order chi connectivity index (χ1) is 24.5. The topological polar surface area (TPSA) is 78.9 Å². The molecule has 0 bridgehead atoms. The number of hydrogen-bond acceptors (Lipinski definition) is 6. The van der Waals surface area contributed by atoms with E-state index >= 15 is 0 Å². The summed E-state index contributed by atoms with van der Waals surface area (Å²) in [5, 5.41) is 0. The molecule has 6 heteroatoms. The zero-order valence-corrected chi connectivity index (χ0v) is 36.2. The summed E-state index contributed by atoms with van der Waals surface area (Å²) in [6, 6.07) is 21.3. The molecule has 2 rings (SSSR count). The van der Waals surface area contributed by atoms with Crippen molar-refractivity contribution in [3.8, 4) is 0 Å². The van der Waals surface area contributed by atoms with E-state index in [1.54, 1.807) is 0 Å². The SMILES string of the molecule is CCC(C)(C)c1ccccc1.CCC(C)C(=O)OC.CCC(C)c1ccccc1.CCCCOC(=O)C(C)(C)CC.CCCCOC(=O)C(C)CC. The van der Waals surface area contributed by atoms with Gasteiger partial charge in [0, 0.05) is 0 Å². The molecule has 3 unspecified atom stereocenters. The predicted octanol–water partition coefficient (Wildman–Crippen LogP) is 12.9. The molecule has 3 atom stereocenters. The molecule has 0 aliphatic rings. The molecular weight excluding hydrogens is 649 g/mol. The van der Waals surface area contributed by atoms with Crippen LogP contribution >= 0.6 is 0 Å². The van der Waals surface area contributed by atoms with Gasteiger partial charge < -0.3 is 14.2 Å². The molecule has 2 aromatic carbocycles. The minimum absolute atomic E-state index is 0.0547. The van der Waals surface area contributed by atoms with Gasteiger partial charge in [0.1, 0.15) is 0 Å². The maximum Gasteiger partial charge on any atom is 0.311 e. The average Bonchev–Trinajstić information content (AvgIpc) is 3.18. The van der Waals surface area contributed by atoms with Gasteiger partial charge in [-0.1, -0.05) is 157 Å². The van der Waals surface area contributed by atoms with Gasteiger partial charge >= 0.3 is 17.9 Å². The lowest BCUT2D eigenvalue weighted by Crippen LogP contribution is -2.26. The van der Waals surface area contributed by atoms with E-state index < -0.39 is 0 Å². The maximum atomic E-state index is 11.3. The number of ether oxygens (including phenoxy) is 3. The Morgan fingerprint density at radius 2 is 1.04 bits per heavy atom. The van der Waals surface area contributed by atoms with Crippen LogP contribution in [0.15, 0.2) is 60.7 Å². The highest BCUT2D eigenvalue weighted by molar-refractivity contribution is 5.75. The number of benzene rings is 2. The van der Waals surface area contributed by atoms with Crippen LogP contribution in [0.1, 0.15) is 172 Å². The Bertz CT molecular complexity index is 1130. The Kier molecular flexibility index (Phi) is 33.2. The van der Waals surface area contributed by atoms with Crippen molar-refractivity contribution < 1.29 is 28.6 Å². The highest BCUT2D eigenvalue weighted by Crippen LogP contribution is 2.25. The predicted molar refractivity (Wildman–Crippen MR) is 222 cm³/mol. The van der Waals surface area contributed by atoms with Crippen LogP contribution in [0.25, 0.3) is 0 Å². The van der Waals surface area contributed by atoms with Crippen molar-refractivity contribution in [1.29, 1.82) is 0 Å². The maximum absolute atomic E-state index is 11.3. The molecule has 0 saturated heterocycles. The van der Waals surface area contributed by atoms with Gasteiger partial charge in [0.2, 0.25) is 0 Å². The van der Waals surface area contributed by atoms with E-state index in [1.165, 1.54) is 31.1 Å². The van der Waals surface area contributed by atoms with Crippen molar-refractivity contribution >= 4 is 17.9 Å². The standard InChI is InChI=1S/C11H16.C10H20O2.C10H14.C9H18O2.C6H12O2/c1-4-11(2,3)10-8-6-5-7-9-10;1-5-7-8-12-9(11)10(3,4)6-2;1-3-9(2)10-7-5-4-6-8-10;1-4-6-7-11-9(10)8(3)5-2;1-4-5(2)6(7)8-3/h5-9H,4H2,1-3H3;5-8H2,1-4H3;4-9H,3H2,1-2H3;8H,4-7H2,1-3H3;5H,4H2,1-3H3. The van der Waals surface area contributed by atoms with Crippen LogP contribution in [0.5, 0.6) is 0 Å². The van der Waals surface area contributed by atoms with Crippen LogP contribution < -0.4 is 0 Å². The Hall–Kier alpha value is -3.15. The van der Waals surface area contributed by atoms with Crippen LogP contribution in [0.3, 0.4) is 0 Å². The molecule has 0 aromatic heterocycles. The summed E-state index contributed by atoms with van der Waals surface area (Å²) in [4.78, 5) is 32.9. The Morgan fingerprint density at radius 1 is 0.596 bits per heavy atom. The third kappa shape index (κ3) is 26.6. The fourth-order valence-electron chi connectivity index (χ4n) is 3.75. The zero-order chi connectivity index (χ0) is 40.6. The lowest BCUT2D eigenvalue weighted by atomic mass is 9.82. The van der Waals surface area contributed by atoms with Gasteiger partial charge in [0.25, 0.3) is 0 Å². The molecule has 0 fully saturated rings. The summed E-state index contributed by atoms with van der Waals surface area (Å²) < 4.78 is 14.6. The number of carbonyl (C=O) groups is 3. The second kappa shape index (κ2) is 32.5. The van der Waals surface area contributed by atoms with Gasteiger partial charge in [-0.2, -0.15) is 0 Å². The van der Waals surface area contributed by atoms with Crippen molar-refractivity contribution in [3.05, 3.63) is 71.8 Å². The molecule has 300 valence electrons. The molecule has 0 N–H and O–H groups in total. The molecule has 0 spiro atoms. The minimum atomic E-state index is -0.312. The van der Waals surface area contributed by atoms with Crippen molar-refractivity contribution in [1.82, 2.24) is 0 Å². The summed E-state index contributed by atoms with van der Waals surface area (Å²) >= 11 is 0. The number of carbonyl (C=O) groups excluding carboxylic acids is 3. The van der Waals surface area contributed by atoms with E-state index in [0.717, 1.165) is 44.9 Å². The number of hydrogen-bond donors (Lipinski definition) is 0. The Balaban J connectivity index is -0.000000580. The fourth-order valence-corrected chi connectivity index (χ4v) is 3.75. The van der Waals surface area contributed by atoms with E-state index in [0.29, 0.717) is 24.5 Å². The smallest absolute Gasteiger partial charge is 0.311 e. The molecular formula is C46H80O6. The molecule has 0 heterocycles. The van der Waals surface area contributed by atoms with Gasteiger partial charge in [0.15, 0.2) is 0 Å². The molecule has 0 saturated carbocycles. The summed E-state index contributed by atoms with van der Waals surface area (Å²) in [5.41, 5.74) is 2.90. The number of methoxy groups -OCH3 is 1. The summed E-state index contributed by atoms with van der Waals surface area (Å²) in [5.74, 6) is 0.583. The molecule has 0 amide bonds. The normalized spacial score (nSPS) is 12.2. The highest BCUT2D eigenvalue weighted by atomic mass is 16.5. The first-order valence-electron chi connectivity index (χ1n) is 20.0. The second-order valence-corrected chi connectivity index (χ2v) is 14.7. The van der Waals surface area contributed by atoms with Crippen molar-refractivity contribution in [3.63, 3.8) is 0 Å². The monoisotopic (exact) mass is 729 g/mol. The minimum Gasteiger partial charge on any atom is -0.469 e. The van der Waals surface area contributed by atoms with Crippen LogP contribution in [0.4, 0.5) is 0 Å². The summed E-state index contributed by atoms with van der Waals surface area (Å²) in [7, 11) is 1.41. The molecule has 0 radical (unpaired) electrons. The van der Waals surface area contributed by atoms with Crippen molar-refractivity contribution in [2.24, 2.45) is 17.3 Å². The van der Waals surface area contributed by atoms with Crippen LogP contribution in [0.2, 0.25) is 0 Å². The van der Waals surface area contributed by atoms with Gasteiger partial charge in [0.05, 0.1) is 37.6 Å². The fraction of sp³-hybridized carbons (Fsp3) is 0.674. The van der Waals surface area contributed by atoms with Crippen LogP contribution in [0, 0.1) is 17.3 Å². The average molecular weight is 729 g/mol. The Labute approximate surface area is 321 Å². The van der Waals surface area contributed by atoms with E-state index in [-0.39, 0.29) is 35.2 Å². The molecule has 0 aliphatic heterocycles. The van der Waals surface area contributed by atoms with E-state index in [2.05, 4.69) is 114 Å². The van der Waals surface area contributed by atoms with Gasteiger partial charge in [-0.05, 0) is 81.3 Å². The summed E-state index contributed by atoms with van der Waals surface area (Å²) in [6.45, 7) is 30.1. The van der Waals surface area contributed by atoms with E-state index in [4.69, 9.17) is 9.47 Å². The third-order valence-electron chi connectivity index (χ3n) is 9.56. The molecule has 0 aliphatic carbocycles. The first kappa shape index (κ1) is 53.2. The summed E-state index contributed by atoms with van der Waals surface area (Å²) in [6.07, 6.45) is 9.05. The van der Waals surface area contributed by atoms with Gasteiger partial charge in [-0.15, -0.1) is 0 Å². The van der Waals surface area contributed by atoms with Crippen molar-refractivity contribution in [2.75, 3.05) is 20.3 Å². The van der Waals surface area contributed by atoms with Crippen molar-refractivity contribution in [2.45, 2.75) is 166 Å². The number of esters is 3. The first-order valence-corrected chi connectivity index (χ1v) is 20.0. The number of unbranched alkanes of at least 4 members (excludes halogenated alkanes) is 2. The van der Waals surface area contributed by atoms with E-state index in [1.807, 2.05) is 48.5 Å². The van der Waals surface area contributed by atoms with Crippen LogP contribution in [-0.4, -0.2) is 38.2 Å². The van der Waals surface area contributed by atoms with Gasteiger partial charge in [-0.25, -0.2) is 0 Å². The molecule has 52 heavy (non-hydrogen) atoms. The molecule has 2 aromatic rings. The van der Waals surface area contributed by atoms with E-state index in [9.17, 15) is 14.4 Å². The molecule has 6 nitrogen and oxygen atoms in total. The largest absolute Gasteiger partial charge is 0.469 e. The quantitative estimate of drug-likeness (QED) is 0.0972. The Morgan fingerprint density at radius 3 is 1.40 bits per heavy atom. The van der Waals surface area contributed by atoms with Crippen LogP contribution in [-0.2, 0) is 34.0 Å². The number of rotatable bonds is 16. The highest BCUT2D eigenvalue weighted by Gasteiger charge is 2.26. The third-order valence-corrected chi connectivity index (χ3v) is 9.56.